The summed E-state index contributed by atoms with van der Waals surface area (Å²) in [7, 11) is -2.09. The van der Waals surface area contributed by atoms with Gasteiger partial charge in [-0.25, -0.2) is 13.1 Å². The van der Waals surface area contributed by atoms with E-state index in [2.05, 4.69) is 10.0 Å². The number of anilines is 1. The Kier molecular flexibility index (Phi) is 5.89. The van der Waals surface area contributed by atoms with E-state index in [9.17, 15) is 13.2 Å². The van der Waals surface area contributed by atoms with E-state index in [0.29, 0.717) is 0 Å². The van der Waals surface area contributed by atoms with Gasteiger partial charge < -0.3 is 5.32 Å². The molecule has 0 spiro atoms. The van der Waals surface area contributed by atoms with E-state index in [-0.39, 0.29) is 10.8 Å². The average molecular weight is 344 g/mol. The maximum atomic E-state index is 12.0. The van der Waals surface area contributed by atoms with Crippen LogP contribution in [0.1, 0.15) is 18.1 Å². The van der Waals surface area contributed by atoms with Crippen LogP contribution in [0.5, 0.6) is 0 Å². The van der Waals surface area contributed by atoms with Crippen molar-refractivity contribution in [2.24, 2.45) is 0 Å². The van der Waals surface area contributed by atoms with Gasteiger partial charge in [-0.2, -0.15) is 0 Å². The summed E-state index contributed by atoms with van der Waals surface area (Å²) in [4.78, 5) is 12.2. The first kappa shape index (κ1) is 17.9. The van der Waals surface area contributed by atoms with Crippen LogP contribution < -0.4 is 10.0 Å². The number of hydrogen-bond donors (Lipinski definition) is 2. The van der Waals surface area contributed by atoms with Crippen LogP contribution in [-0.4, -0.2) is 21.4 Å². The lowest BCUT2D eigenvalue weighted by molar-refractivity contribution is -0.111. The van der Waals surface area contributed by atoms with Gasteiger partial charge in [0.1, 0.15) is 0 Å². The third-order valence-corrected chi connectivity index (χ3v) is 4.97. The minimum absolute atomic E-state index is 0.184. The molecule has 2 aromatic rings. The largest absolute Gasteiger partial charge is 0.322 e. The van der Waals surface area contributed by atoms with Crippen molar-refractivity contribution in [1.29, 1.82) is 0 Å². The number of sulfonamides is 1. The zero-order valence-corrected chi connectivity index (χ0v) is 14.4. The summed E-state index contributed by atoms with van der Waals surface area (Å²) in [5.41, 5.74) is 2.61. The molecule has 0 fully saturated rings. The Labute approximate surface area is 142 Å². The van der Waals surface area contributed by atoms with Crippen molar-refractivity contribution in [2.75, 3.05) is 12.4 Å². The van der Waals surface area contributed by atoms with E-state index in [1.165, 1.54) is 25.3 Å². The molecule has 2 rings (SSSR count). The first-order chi connectivity index (χ1) is 11.5. The molecule has 0 saturated carbocycles. The van der Waals surface area contributed by atoms with Crippen molar-refractivity contribution in [3.63, 3.8) is 0 Å². The zero-order valence-electron chi connectivity index (χ0n) is 13.6. The Bertz CT molecular complexity index is 841. The summed E-state index contributed by atoms with van der Waals surface area (Å²) in [5, 5.41) is 2.84. The van der Waals surface area contributed by atoms with E-state index < -0.39 is 10.0 Å². The molecule has 2 aromatic carbocycles. The molecule has 0 radical (unpaired) electrons. The molecule has 1 amide bonds. The second-order valence-electron chi connectivity index (χ2n) is 5.11. The van der Waals surface area contributed by atoms with Crippen LogP contribution >= 0.6 is 0 Å². The highest BCUT2D eigenvalue weighted by Gasteiger charge is 2.09. The van der Waals surface area contributed by atoms with E-state index >= 15 is 0 Å². The van der Waals surface area contributed by atoms with Crippen LogP contribution in [0.3, 0.4) is 0 Å². The topological polar surface area (TPSA) is 75.3 Å². The van der Waals surface area contributed by atoms with Gasteiger partial charge in [0.25, 0.3) is 0 Å². The van der Waals surface area contributed by atoms with Crippen LogP contribution in [0.25, 0.3) is 6.08 Å². The van der Waals surface area contributed by atoms with Gasteiger partial charge in [0, 0.05) is 11.8 Å². The number of hydrogen-bond acceptors (Lipinski definition) is 3. The Morgan fingerprint density at radius 3 is 2.38 bits per heavy atom. The smallest absolute Gasteiger partial charge is 0.248 e. The number of carbonyl (C=O) groups excluding carboxylic acids is 1. The van der Waals surface area contributed by atoms with Crippen molar-refractivity contribution in [3.05, 3.63) is 65.7 Å². The fourth-order valence-corrected chi connectivity index (χ4v) is 2.90. The highest BCUT2D eigenvalue weighted by atomic mass is 32.2. The highest BCUT2D eigenvalue weighted by Crippen LogP contribution is 2.16. The monoisotopic (exact) mass is 344 g/mol. The van der Waals surface area contributed by atoms with Crippen LogP contribution in [0, 0.1) is 0 Å². The molecule has 0 heterocycles. The summed E-state index contributed by atoms with van der Waals surface area (Å²) in [6.45, 7) is 2.03. The second-order valence-corrected chi connectivity index (χ2v) is 7.00. The molecule has 2 N–H and O–H groups in total. The summed E-state index contributed by atoms with van der Waals surface area (Å²) in [5.74, 6) is -0.233. The minimum atomic E-state index is -3.45. The predicted molar refractivity (Wildman–Crippen MR) is 96.2 cm³/mol. The van der Waals surface area contributed by atoms with Gasteiger partial charge in [0.15, 0.2) is 0 Å². The number of para-hydroxylation sites is 1. The Hall–Kier alpha value is -2.44. The van der Waals surface area contributed by atoms with Crippen molar-refractivity contribution in [1.82, 2.24) is 4.72 Å². The van der Waals surface area contributed by atoms with Crippen LogP contribution in [0.2, 0.25) is 0 Å². The van der Waals surface area contributed by atoms with Crippen LogP contribution in [0.4, 0.5) is 5.69 Å². The number of nitrogens with one attached hydrogen (secondary N) is 2. The van der Waals surface area contributed by atoms with Crippen LogP contribution in [-0.2, 0) is 21.2 Å². The van der Waals surface area contributed by atoms with Gasteiger partial charge in [-0.15, -0.1) is 0 Å². The van der Waals surface area contributed by atoms with Gasteiger partial charge in [0.2, 0.25) is 15.9 Å². The van der Waals surface area contributed by atoms with Crippen molar-refractivity contribution < 1.29 is 13.2 Å². The average Bonchev–Trinajstić information content (AvgIpc) is 2.61. The molecular weight excluding hydrogens is 324 g/mol. The molecule has 24 heavy (non-hydrogen) atoms. The maximum absolute atomic E-state index is 12.0. The van der Waals surface area contributed by atoms with Crippen molar-refractivity contribution in [2.45, 2.75) is 18.2 Å². The van der Waals surface area contributed by atoms with E-state index in [4.69, 9.17) is 0 Å². The molecule has 0 unspecified atom stereocenters. The standard InChI is InChI=1S/C18H20N2O3S/c1-3-15-6-4-5-7-17(15)20-18(21)13-10-14-8-11-16(12-9-14)24(22,23)19-2/h4-13,19H,3H2,1-2H3,(H,20,21)/b13-10+. The summed E-state index contributed by atoms with van der Waals surface area (Å²) in [6, 6.07) is 13.9. The summed E-state index contributed by atoms with van der Waals surface area (Å²) >= 11 is 0. The van der Waals surface area contributed by atoms with Gasteiger partial charge >= 0.3 is 0 Å². The van der Waals surface area contributed by atoms with Crippen LogP contribution in [0.15, 0.2) is 59.5 Å². The summed E-state index contributed by atoms with van der Waals surface area (Å²) in [6.07, 6.45) is 3.90. The van der Waals surface area contributed by atoms with Crippen molar-refractivity contribution in [3.8, 4) is 0 Å². The molecule has 126 valence electrons. The second kappa shape index (κ2) is 7.90. The molecule has 0 saturated heterocycles. The Morgan fingerprint density at radius 1 is 1.08 bits per heavy atom. The third kappa shape index (κ3) is 4.53. The summed E-state index contributed by atoms with van der Waals surface area (Å²) < 4.78 is 25.6. The quantitative estimate of drug-likeness (QED) is 0.791. The first-order valence-electron chi connectivity index (χ1n) is 7.57. The fourth-order valence-electron chi connectivity index (χ4n) is 2.17. The number of rotatable bonds is 6. The fraction of sp³-hybridized carbons (Fsp3) is 0.167. The lowest BCUT2D eigenvalue weighted by atomic mass is 10.1. The molecule has 0 aliphatic carbocycles. The number of carbonyl (C=O) groups is 1. The zero-order chi connectivity index (χ0) is 17.6. The number of aryl methyl sites for hydroxylation is 1. The molecule has 0 aliphatic rings. The normalized spacial score (nSPS) is 11.6. The Morgan fingerprint density at radius 2 is 1.75 bits per heavy atom. The molecule has 0 aliphatic heterocycles. The first-order valence-corrected chi connectivity index (χ1v) is 9.05. The molecule has 0 aromatic heterocycles. The van der Waals surface area contributed by atoms with Gasteiger partial charge in [-0.1, -0.05) is 37.3 Å². The molecule has 6 heteroatoms. The van der Waals surface area contributed by atoms with E-state index in [0.717, 1.165) is 23.2 Å². The third-order valence-electron chi connectivity index (χ3n) is 3.54. The molecule has 5 nitrogen and oxygen atoms in total. The van der Waals surface area contributed by atoms with Gasteiger partial charge in [-0.05, 0) is 48.9 Å². The minimum Gasteiger partial charge on any atom is -0.322 e. The van der Waals surface area contributed by atoms with E-state index in [1.54, 1.807) is 18.2 Å². The van der Waals surface area contributed by atoms with Gasteiger partial charge in [0.05, 0.1) is 4.90 Å². The SMILES string of the molecule is CCc1ccccc1NC(=O)/C=C/c1ccc(S(=O)(=O)NC)cc1. The number of amides is 1. The van der Waals surface area contributed by atoms with Crippen molar-refractivity contribution >= 4 is 27.7 Å². The lowest BCUT2D eigenvalue weighted by Gasteiger charge is -2.07. The number of benzene rings is 2. The Balaban J connectivity index is 2.06. The molecule has 0 atom stereocenters. The highest BCUT2D eigenvalue weighted by molar-refractivity contribution is 7.89. The maximum Gasteiger partial charge on any atom is 0.248 e. The predicted octanol–water partition coefficient (Wildman–Crippen LogP) is 2.81. The lowest BCUT2D eigenvalue weighted by Crippen LogP contribution is -2.18. The molecule has 0 bridgehead atoms. The molecular formula is C18H20N2O3S. The van der Waals surface area contributed by atoms with Gasteiger partial charge in [-0.3, -0.25) is 4.79 Å². The van der Waals surface area contributed by atoms with E-state index in [1.807, 2.05) is 31.2 Å².